The zero-order valence-electron chi connectivity index (χ0n) is 19.5. The van der Waals surface area contributed by atoms with Gasteiger partial charge in [0.2, 0.25) is 0 Å². The van der Waals surface area contributed by atoms with Crippen molar-refractivity contribution in [2.24, 2.45) is 7.05 Å². The van der Waals surface area contributed by atoms with Gasteiger partial charge in [-0.05, 0) is 35.1 Å². The lowest BCUT2D eigenvalue weighted by molar-refractivity contribution is -0.137. The molecule has 0 bridgehead atoms. The van der Waals surface area contributed by atoms with Crippen molar-refractivity contribution in [3.05, 3.63) is 77.1 Å². The molecule has 3 aromatic rings. The number of aromatic nitrogens is 2. The van der Waals surface area contributed by atoms with Crippen LogP contribution in [0.4, 0.5) is 4.79 Å². The topological polar surface area (TPSA) is 123 Å². The maximum Gasteiger partial charge on any atom is 0.407 e. The van der Waals surface area contributed by atoms with E-state index in [4.69, 9.17) is 9.84 Å². The lowest BCUT2D eigenvalue weighted by atomic mass is 9.98. The van der Waals surface area contributed by atoms with Crippen molar-refractivity contribution in [3.8, 4) is 11.1 Å². The maximum atomic E-state index is 12.5. The van der Waals surface area contributed by atoms with Gasteiger partial charge in [-0.25, -0.2) is 4.79 Å². The predicted molar refractivity (Wildman–Crippen MR) is 129 cm³/mol. The zero-order valence-corrected chi connectivity index (χ0v) is 19.5. The van der Waals surface area contributed by atoms with Gasteiger partial charge in [0.1, 0.15) is 6.61 Å². The summed E-state index contributed by atoms with van der Waals surface area (Å²) in [6.07, 6.45) is 1.98. The van der Waals surface area contributed by atoms with Crippen molar-refractivity contribution in [2.75, 3.05) is 13.2 Å². The molecule has 0 aliphatic heterocycles. The minimum absolute atomic E-state index is 0.0349. The number of ether oxygens (including phenoxy) is 1. The second-order valence-electron chi connectivity index (χ2n) is 8.41. The lowest BCUT2D eigenvalue weighted by Gasteiger charge is -2.15. The van der Waals surface area contributed by atoms with Gasteiger partial charge in [0.15, 0.2) is 0 Å². The summed E-state index contributed by atoms with van der Waals surface area (Å²) in [5.74, 6) is -1.21. The summed E-state index contributed by atoms with van der Waals surface area (Å²) in [4.78, 5) is 35.6. The maximum absolute atomic E-state index is 12.5. The van der Waals surface area contributed by atoms with Crippen LogP contribution in [0.5, 0.6) is 0 Å². The highest BCUT2D eigenvalue weighted by atomic mass is 16.5. The summed E-state index contributed by atoms with van der Waals surface area (Å²) in [6, 6.07) is 16.3. The van der Waals surface area contributed by atoms with E-state index in [9.17, 15) is 14.4 Å². The van der Waals surface area contributed by atoms with E-state index in [0.29, 0.717) is 30.6 Å². The second-order valence-corrected chi connectivity index (χ2v) is 8.41. The van der Waals surface area contributed by atoms with Crippen LogP contribution in [-0.2, 0) is 23.1 Å². The minimum Gasteiger partial charge on any atom is -0.481 e. The van der Waals surface area contributed by atoms with Gasteiger partial charge in [-0.3, -0.25) is 14.3 Å². The number of amides is 2. The van der Waals surface area contributed by atoms with Crippen LogP contribution in [0.25, 0.3) is 11.1 Å². The predicted octanol–water partition coefficient (Wildman–Crippen LogP) is 3.44. The van der Waals surface area contributed by atoms with Crippen molar-refractivity contribution in [1.29, 1.82) is 0 Å². The molecule has 9 heteroatoms. The van der Waals surface area contributed by atoms with Gasteiger partial charge >= 0.3 is 12.1 Å². The van der Waals surface area contributed by atoms with E-state index in [0.717, 1.165) is 22.3 Å². The number of benzene rings is 2. The summed E-state index contributed by atoms with van der Waals surface area (Å²) in [5, 5.41) is 18.3. The number of aryl methyl sites for hydroxylation is 1. The van der Waals surface area contributed by atoms with Crippen molar-refractivity contribution >= 4 is 18.0 Å². The minimum atomic E-state index is -0.856. The number of nitrogens with zero attached hydrogens (tertiary/aromatic N) is 2. The van der Waals surface area contributed by atoms with Crippen LogP contribution in [0.1, 0.15) is 52.4 Å². The molecule has 9 nitrogen and oxygen atoms in total. The molecule has 35 heavy (non-hydrogen) atoms. The molecule has 0 unspecified atom stereocenters. The van der Waals surface area contributed by atoms with E-state index in [-0.39, 0.29) is 31.4 Å². The number of aliphatic carboxylic acids is 1. The number of carbonyl (C=O) groups is 3. The van der Waals surface area contributed by atoms with Crippen molar-refractivity contribution < 1.29 is 24.2 Å². The normalized spacial score (nSPS) is 12.0. The third-order valence-corrected chi connectivity index (χ3v) is 6.15. The zero-order chi connectivity index (χ0) is 24.8. The number of fused-ring (bicyclic) bond motifs is 3. The molecule has 0 radical (unpaired) electrons. The summed E-state index contributed by atoms with van der Waals surface area (Å²) in [5.41, 5.74) is 5.48. The average Bonchev–Trinajstić information content (AvgIpc) is 3.38. The van der Waals surface area contributed by atoms with Crippen LogP contribution in [-0.4, -0.2) is 46.0 Å². The van der Waals surface area contributed by atoms with Crippen LogP contribution in [0.3, 0.4) is 0 Å². The molecule has 0 fully saturated rings. The highest BCUT2D eigenvalue weighted by molar-refractivity contribution is 5.95. The van der Waals surface area contributed by atoms with Crippen LogP contribution in [0.2, 0.25) is 0 Å². The van der Waals surface area contributed by atoms with Crippen molar-refractivity contribution in [1.82, 2.24) is 20.4 Å². The Balaban J connectivity index is 1.31. The molecule has 1 aliphatic carbocycles. The van der Waals surface area contributed by atoms with E-state index in [1.54, 1.807) is 7.05 Å². The van der Waals surface area contributed by atoms with E-state index in [1.165, 1.54) is 10.9 Å². The fourth-order valence-corrected chi connectivity index (χ4v) is 4.37. The van der Waals surface area contributed by atoms with Gasteiger partial charge in [-0.15, -0.1) is 0 Å². The van der Waals surface area contributed by atoms with E-state index in [1.807, 2.05) is 24.3 Å². The van der Waals surface area contributed by atoms with Crippen LogP contribution < -0.4 is 10.6 Å². The number of unbranched alkanes of at least 4 members (excludes halogenated alkanes) is 1. The first-order chi connectivity index (χ1) is 17.0. The number of carboxylic acid groups (broad SMARTS) is 1. The number of alkyl carbamates (subject to hydrolysis) is 1. The first-order valence-corrected chi connectivity index (χ1v) is 11.6. The number of hydrogen-bond acceptors (Lipinski definition) is 5. The smallest absolute Gasteiger partial charge is 0.407 e. The Morgan fingerprint density at radius 3 is 2.31 bits per heavy atom. The molecule has 0 saturated heterocycles. The van der Waals surface area contributed by atoms with Gasteiger partial charge in [0.05, 0.1) is 24.0 Å². The molecule has 3 N–H and O–H groups in total. The van der Waals surface area contributed by atoms with Gasteiger partial charge in [0, 0.05) is 25.9 Å². The quantitative estimate of drug-likeness (QED) is 0.385. The Morgan fingerprint density at radius 2 is 1.66 bits per heavy atom. The average molecular weight is 477 g/mol. The number of nitrogens with one attached hydrogen (secondary N) is 2. The standard InChI is InChI=1S/C26H28N4O5/c1-30-23(21(14-29-30)25(33)27-13-7-6-12-24(31)32)15-28-26(34)35-16-22-19-10-4-2-8-17(19)18-9-3-5-11-20(18)22/h2-5,8-11,14,22H,6-7,12-13,15-16H2,1H3,(H,27,33)(H,28,34)(H,31,32). The molecular formula is C26H28N4O5. The molecular weight excluding hydrogens is 448 g/mol. The molecule has 0 spiro atoms. The van der Waals surface area contributed by atoms with Crippen LogP contribution in [0.15, 0.2) is 54.7 Å². The number of rotatable bonds is 10. The summed E-state index contributed by atoms with van der Waals surface area (Å²) >= 11 is 0. The number of hydrogen-bond donors (Lipinski definition) is 3. The Kier molecular flexibility index (Phi) is 7.45. The Labute approximate surface area is 203 Å². The highest BCUT2D eigenvalue weighted by Crippen LogP contribution is 2.44. The molecule has 1 heterocycles. The third kappa shape index (κ3) is 5.51. The Hall–Kier alpha value is -4.14. The monoisotopic (exact) mass is 476 g/mol. The van der Waals surface area contributed by atoms with Crippen molar-refractivity contribution in [3.63, 3.8) is 0 Å². The van der Waals surface area contributed by atoms with Crippen LogP contribution in [0, 0.1) is 0 Å². The summed E-state index contributed by atoms with van der Waals surface area (Å²) in [7, 11) is 1.69. The summed E-state index contributed by atoms with van der Waals surface area (Å²) < 4.78 is 7.09. The molecule has 1 aliphatic rings. The Bertz CT molecular complexity index is 1190. The molecule has 1 aromatic heterocycles. The molecule has 2 aromatic carbocycles. The number of carboxylic acids is 1. The molecule has 182 valence electrons. The van der Waals surface area contributed by atoms with Crippen LogP contribution >= 0.6 is 0 Å². The highest BCUT2D eigenvalue weighted by Gasteiger charge is 2.29. The summed E-state index contributed by atoms with van der Waals surface area (Å²) in [6.45, 7) is 0.643. The van der Waals surface area contributed by atoms with Gasteiger partial charge in [0.25, 0.3) is 5.91 Å². The van der Waals surface area contributed by atoms with Gasteiger partial charge in [-0.2, -0.15) is 5.10 Å². The van der Waals surface area contributed by atoms with E-state index < -0.39 is 12.1 Å². The second kappa shape index (κ2) is 10.9. The first kappa shape index (κ1) is 24.0. The molecule has 2 amide bonds. The van der Waals surface area contributed by atoms with Gasteiger partial charge in [-0.1, -0.05) is 48.5 Å². The fourth-order valence-electron chi connectivity index (χ4n) is 4.37. The third-order valence-electron chi connectivity index (χ3n) is 6.15. The first-order valence-electron chi connectivity index (χ1n) is 11.6. The van der Waals surface area contributed by atoms with E-state index >= 15 is 0 Å². The van der Waals surface area contributed by atoms with Crippen molar-refractivity contribution in [2.45, 2.75) is 31.7 Å². The fraction of sp³-hybridized carbons (Fsp3) is 0.308. The SMILES string of the molecule is Cn1ncc(C(=O)NCCCCC(=O)O)c1CNC(=O)OCC1c2ccccc2-c2ccccc21. The lowest BCUT2D eigenvalue weighted by Crippen LogP contribution is -2.29. The number of carbonyl (C=O) groups excluding carboxylic acids is 2. The van der Waals surface area contributed by atoms with E-state index in [2.05, 4.69) is 40.0 Å². The molecule has 0 atom stereocenters. The largest absolute Gasteiger partial charge is 0.481 e. The molecule has 4 rings (SSSR count). The molecule has 0 saturated carbocycles. The van der Waals surface area contributed by atoms with Gasteiger partial charge < -0.3 is 20.5 Å². The Morgan fingerprint density at radius 1 is 1.00 bits per heavy atom.